The molecular weight excluding hydrogens is 344 g/mol. The number of aromatic nitrogens is 2. The molecule has 4 N–H and O–H groups in total. The third kappa shape index (κ3) is 3.83. The lowest BCUT2D eigenvalue weighted by atomic mass is 10.1. The second kappa shape index (κ2) is 6.61. The summed E-state index contributed by atoms with van der Waals surface area (Å²) in [5.74, 6) is -2.86. The summed E-state index contributed by atoms with van der Waals surface area (Å²) in [4.78, 5) is 11.5. The van der Waals surface area contributed by atoms with Crippen molar-refractivity contribution >= 4 is 11.7 Å². The van der Waals surface area contributed by atoms with E-state index in [-0.39, 0.29) is 11.4 Å². The van der Waals surface area contributed by atoms with Gasteiger partial charge in [-0.25, -0.2) is 9.07 Å². The number of nitrogens with zero attached hydrogens (tertiary/aromatic N) is 2. The number of alkyl halides is 3. The Morgan fingerprint density at radius 1 is 1.40 bits per heavy atom. The standard InChI is InChI=1S/C15H16F4N4O2/c1-3-10-12(14(21)24)13(20)23(22-10)7(2)8-4-5-11(9(16)6-8)25-15(17,18)19/h4-7H,3,20H2,1-2H3,(H2,21,24). The van der Waals surface area contributed by atoms with Crippen molar-refractivity contribution in [3.63, 3.8) is 0 Å². The molecular formula is C15H16F4N4O2. The molecule has 0 saturated heterocycles. The van der Waals surface area contributed by atoms with Gasteiger partial charge in [0, 0.05) is 0 Å². The van der Waals surface area contributed by atoms with Crippen LogP contribution < -0.4 is 16.2 Å². The molecule has 0 saturated carbocycles. The number of benzene rings is 1. The van der Waals surface area contributed by atoms with Crippen LogP contribution in [0, 0.1) is 5.82 Å². The van der Waals surface area contributed by atoms with Gasteiger partial charge in [0.15, 0.2) is 11.6 Å². The zero-order chi connectivity index (χ0) is 18.9. The van der Waals surface area contributed by atoms with Crippen molar-refractivity contribution in [1.29, 1.82) is 0 Å². The number of ether oxygens (including phenoxy) is 1. The number of aryl methyl sites for hydroxylation is 1. The zero-order valence-electron chi connectivity index (χ0n) is 13.4. The predicted octanol–water partition coefficient (Wildman–Crippen LogP) is 2.77. The maximum absolute atomic E-state index is 13.9. The predicted molar refractivity (Wildman–Crippen MR) is 81.4 cm³/mol. The molecule has 2 aromatic rings. The molecule has 10 heteroatoms. The summed E-state index contributed by atoms with van der Waals surface area (Å²) in [6.07, 6.45) is -4.60. The molecule has 0 aliphatic carbocycles. The topological polar surface area (TPSA) is 96.2 Å². The van der Waals surface area contributed by atoms with E-state index in [0.29, 0.717) is 17.7 Å². The third-order valence-corrected chi connectivity index (χ3v) is 3.63. The Hall–Kier alpha value is -2.78. The van der Waals surface area contributed by atoms with Gasteiger partial charge in [-0.15, -0.1) is 13.2 Å². The molecule has 2 rings (SSSR count). The lowest BCUT2D eigenvalue weighted by molar-refractivity contribution is -0.275. The first-order chi connectivity index (χ1) is 11.5. The molecule has 1 atom stereocenters. The van der Waals surface area contributed by atoms with E-state index in [2.05, 4.69) is 9.84 Å². The number of nitrogens with two attached hydrogens (primary N) is 2. The number of anilines is 1. The third-order valence-electron chi connectivity index (χ3n) is 3.63. The van der Waals surface area contributed by atoms with Crippen LogP contribution in [0.2, 0.25) is 0 Å². The van der Waals surface area contributed by atoms with Crippen molar-refractivity contribution in [1.82, 2.24) is 9.78 Å². The molecule has 0 radical (unpaired) electrons. The van der Waals surface area contributed by atoms with E-state index in [1.54, 1.807) is 13.8 Å². The number of carbonyl (C=O) groups is 1. The highest BCUT2D eigenvalue weighted by Crippen LogP contribution is 2.30. The molecule has 1 aromatic carbocycles. The van der Waals surface area contributed by atoms with Crippen molar-refractivity contribution in [2.45, 2.75) is 32.7 Å². The summed E-state index contributed by atoms with van der Waals surface area (Å²) in [6, 6.07) is 2.37. The van der Waals surface area contributed by atoms with Gasteiger partial charge in [0.2, 0.25) is 0 Å². The number of nitrogen functional groups attached to an aromatic ring is 1. The van der Waals surface area contributed by atoms with Crippen molar-refractivity contribution < 1.29 is 27.1 Å². The average molecular weight is 360 g/mol. The lowest BCUT2D eigenvalue weighted by Crippen LogP contribution is -2.18. The number of hydrogen-bond acceptors (Lipinski definition) is 4. The van der Waals surface area contributed by atoms with E-state index in [0.717, 1.165) is 12.1 Å². The van der Waals surface area contributed by atoms with Crippen LogP contribution in [0.15, 0.2) is 18.2 Å². The number of halogens is 4. The van der Waals surface area contributed by atoms with Crippen molar-refractivity contribution in [2.24, 2.45) is 5.73 Å². The highest BCUT2D eigenvalue weighted by atomic mass is 19.4. The lowest BCUT2D eigenvalue weighted by Gasteiger charge is -2.16. The number of primary amides is 1. The van der Waals surface area contributed by atoms with Gasteiger partial charge < -0.3 is 16.2 Å². The van der Waals surface area contributed by atoms with Crippen LogP contribution in [0.4, 0.5) is 23.4 Å². The first kappa shape index (κ1) is 18.6. The fourth-order valence-electron chi connectivity index (χ4n) is 2.43. The molecule has 25 heavy (non-hydrogen) atoms. The van der Waals surface area contributed by atoms with E-state index in [1.807, 2.05) is 0 Å². The Morgan fingerprint density at radius 3 is 2.48 bits per heavy atom. The molecule has 0 bridgehead atoms. The molecule has 0 fully saturated rings. The Balaban J connectivity index is 2.40. The van der Waals surface area contributed by atoms with E-state index in [9.17, 15) is 22.4 Å². The van der Waals surface area contributed by atoms with E-state index >= 15 is 0 Å². The van der Waals surface area contributed by atoms with Gasteiger partial charge in [0.05, 0.1) is 11.7 Å². The molecule has 0 spiro atoms. The normalized spacial score (nSPS) is 12.9. The summed E-state index contributed by atoms with van der Waals surface area (Å²) >= 11 is 0. The minimum Gasteiger partial charge on any atom is -0.403 e. The Morgan fingerprint density at radius 2 is 2.04 bits per heavy atom. The van der Waals surface area contributed by atoms with Crippen LogP contribution in [0.3, 0.4) is 0 Å². The number of carbonyl (C=O) groups excluding carboxylic acids is 1. The zero-order valence-corrected chi connectivity index (χ0v) is 13.4. The minimum absolute atomic E-state index is 0.00729. The highest BCUT2D eigenvalue weighted by Gasteiger charge is 2.32. The monoisotopic (exact) mass is 360 g/mol. The van der Waals surface area contributed by atoms with Gasteiger partial charge >= 0.3 is 6.36 Å². The Labute approximate surface area is 140 Å². The van der Waals surface area contributed by atoms with Crippen LogP contribution in [0.25, 0.3) is 0 Å². The van der Waals surface area contributed by atoms with Gasteiger partial charge in [0.25, 0.3) is 5.91 Å². The Bertz CT molecular complexity index is 802. The SMILES string of the molecule is CCc1nn(C(C)c2ccc(OC(F)(F)F)c(F)c2)c(N)c1C(N)=O. The molecule has 1 aromatic heterocycles. The van der Waals surface area contributed by atoms with E-state index in [1.165, 1.54) is 10.7 Å². The van der Waals surface area contributed by atoms with Crippen LogP contribution in [0.1, 0.15) is 41.5 Å². The number of hydrogen-bond donors (Lipinski definition) is 2. The second-order valence-corrected chi connectivity index (χ2v) is 5.28. The first-order valence-electron chi connectivity index (χ1n) is 7.27. The van der Waals surface area contributed by atoms with Crippen molar-refractivity contribution in [3.05, 3.63) is 40.8 Å². The second-order valence-electron chi connectivity index (χ2n) is 5.28. The largest absolute Gasteiger partial charge is 0.573 e. The van der Waals surface area contributed by atoms with Crippen molar-refractivity contribution in [2.75, 3.05) is 5.73 Å². The van der Waals surface area contributed by atoms with E-state index < -0.39 is 29.9 Å². The van der Waals surface area contributed by atoms with Crippen LogP contribution >= 0.6 is 0 Å². The molecule has 1 unspecified atom stereocenters. The minimum atomic E-state index is -4.99. The van der Waals surface area contributed by atoms with Gasteiger partial charge in [-0.3, -0.25) is 4.79 Å². The van der Waals surface area contributed by atoms with Gasteiger partial charge in [-0.2, -0.15) is 5.10 Å². The first-order valence-corrected chi connectivity index (χ1v) is 7.27. The van der Waals surface area contributed by atoms with Crippen molar-refractivity contribution in [3.8, 4) is 5.75 Å². The van der Waals surface area contributed by atoms with E-state index in [4.69, 9.17) is 11.5 Å². The quantitative estimate of drug-likeness (QED) is 0.802. The Kier molecular flexibility index (Phi) is 4.91. The number of amides is 1. The van der Waals surface area contributed by atoms with Crippen LogP contribution in [-0.4, -0.2) is 22.1 Å². The molecule has 0 aliphatic heterocycles. The summed E-state index contributed by atoms with van der Waals surface area (Å²) < 4.78 is 55.3. The van der Waals surface area contributed by atoms with Crippen LogP contribution in [0.5, 0.6) is 5.75 Å². The highest BCUT2D eigenvalue weighted by molar-refractivity contribution is 5.98. The number of rotatable bonds is 5. The van der Waals surface area contributed by atoms with Crippen LogP contribution in [-0.2, 0) is 6.42 Å². The molecule has 6 nitrogen and oxygen atoms in total. The van der Waals surface area contributed by atoms with Gasteiger partial charge in [-0.05, 0) is 31.0 Å². The molecule has 0 aliphatic rings. The van der Waals surface area contributed by atoms with Gasteiger partial charge in [-0.1, -0.05) is 13.0 Å². The maximum Gasteiger partial charge on any atom is 0.573 e. The summed E-state index contributed by atoms with van der Waals surface area (Å²) in [7, 11) is 0. The summed E-state index contributed by atoms with van der Waals surface area (Å²) in [5, 5.41) is 4.19. The molecule has 1 amide bonds. The smallest absolute Gasteiger partial charge is 0.403 e. The summed E-state index contributed by atoms with van der Waals surface area (Å²) in [5.41, 5.74) is 11.9. The fraction of sp³-hybridized carbons (Fsp3) is 0.333. The fourth-order valence-corrected chi connectivity index (χ4v) is 2.43. The summed E-state index contributed by atoms with van der Waals surface area (Å²) in [6.45, 7) is 3.36. The maximum atomic E-state index is 13.9. The van der Waals surface area contributed by atoms with Gasteiger partial charge in [0.1, 0.15) is 11.4 Å². The average Bonchev–Trinajstić information content (AvgIpc) is 2.84. The molecule has 1 heterocycles. The molecule has 136 valence electrons.